The van der Waals surface area contributed by atoms with E-state index in [9.17, 15) is 4.79 Å². The lowest BCUT2D eigenvalue weighted by Gasteiger charge is -2.18. The van der Waals surface area contributed by atoms with Gasteiger partial charge in [0.05, 0.1) is 0 Å². The predicted octanol–water partition coefficient (Wildman–Crippen LogP) is 3.02. The monoisotopic (exact) mass is 176 g/mol. The Labute approximate surface area is 79.5 Å². The number of hydrogen-bond acceptors (Lipinski definition) is 1. The van der Waals surface area contributed by atoms with Gasteiger partial charge in [-0.15, -0.1) is 0 Å². The van der Waals surface area contributed by atoms with Crippen LogP contribution in [-0.4, -0.2) is 5.78 Å². The zero-order chi connectivity index (χ0) is 9.42. The predicted molar refractivity (Wildman–Crippen MR) is 53.4 cm³/mol. The van der Waals surface area contributed by atoms with Crippen molar-refractivity contribution in [2.24, 2.45) is 5.92 Å². The fourth-order valence-electron chi connectivity index (χ4n) is 2.40. The maximum Gasteiger partial charge on any atom is 0.162 e. The summed E-state index contributed by atoms with van der Waals surface area (Å²) in [6.07, 6.45) is 6.12. The highest BCUT2D eigenvalue weighted by Crippen LogP contribution is 2.38. The summed E-state index contributed by atoms with van der Waals surface area (Å²) in [5, 5.41) is 0. The van der Waals surface area contributed by atoms with Gasteiger partial charge in [0.15, 0.2) is 5.78 Å². The summed E-state index contributed by atoms with van der Waals surface area (Å²) in [6, 6.07) is 0. The lowest BCUT2D eigenvalue weighted by atomic mass is 9.86. The molecule has 2 rings (SSSR count). The Bertz CT molecular complexity index is 305. The molecule has 0 heterocycles. The Morgan fingerprint density at radius 1 is 1.23 bits per heavy atom. The molecule has 0 bridgehead atoms. The van der Waals surface area contributed by atoms with Gasteiger partial charge in [0.25, 0.3) is 0 Å². The molecule has 0 N–H and O–H groups in total. The van der Waals surface area contributed by atoms with Crippen LogP contribution < -0.4 is 0 Å². The third kappa shape index (κ3) is 1.37. The average molecular weight is 176 g/mol. The summed E-state index contributed by atoms with van der Waals surface area (Å²) in [6.45, 7) is 4.43. The third-order valence-corrected chi connectivity index (χ3v) is 3.03. The van der Waals surface area contributed by atoms with E-state index < -0.39 is 0 Å². The van der Waals surface area contributed by atoms with Crippen LogP contribution in [0.2, 0.25) is 0 Å². The van der Waals surface area contributed by atoms with Crippen molar-refractivity contribution in [3.63, 3.8) is 0 Å². The van der Waals surface area contributed by atoms with E-state index in [1.165, 1.54) is 17.6 Å². The van der Waals surface area contributed by atoms with Gasteiger partial charge in [-0.05, 0) is 41.9 Å². The number of hydrogen-bond donors (Lipinski definition) is 0. The zero-order valence-electron chi connectivity index (χ0n) is 8.39. The standard InChI is InChI=1S/C12H16O/c1-8(2)9-6-7-12(13)11-5-3-4-10(9)11/h6,8H,3-5,7H2,1-2H3. The minimum Gasteiger partial charge on any atom is -0.294 e. The Balaban J connectivity index is 2.38. The molecular weight excluding hydrogens is 160 g/mol. The molecule has 1 nitrogen and oxygen atoms in total. The fourth-order valence-corrected chi connectivity index (χ4v) is 2.40. The third-order valence-electron chi connectivity index (χ3n) is 3.03. The van der Waals surface area contributed by atoms with Crippen LogP contribution in [0, 0.1) is 5.92 Å². The number of carbonyl (C=O) groups excluding carboxylic acids is 1. The van der Waals surface area contributed by atoms with Crippen molar-refractivity contribution < 1.29 is 4.79 Å². The highest BCUT2D eigenvalue weighted by Gasteiger charge is 2.26. The van der Waals surface area contributed by atoms with Crippen LogP contribution >= 0.6 is 0 Å². The molecule has 0 fully saturated rings. The van der Waals surface area contributed by atoms with Crippen molar-refractivity contribution in [2.75, 3.05) is 0 Å². The lowest BCUT2D eigenvalue weighted by Crippen LogP contribution is -2.10. The summed E-state index contributed by atoms with van der Waals surface area (Å²) >= 11 is 0. The summed E-state index contributed by atoms with van der Waals surface area (Å²) in [7, 11) is 0. The number of allylic oxidation sites excluding steroid dienone is 4. The molecule has 2 aliphatic carbocycles. The number of ketones is 1. The van der Waals surface area contributed by atoms with Crippen LogP contribution in [0.25, 0.3) is 0 Å². The molecular formula is C12H16O. The number of rotatable bonds is 1. The van der Waals surface area contributed by atoms with E-state index in [1.54, 1.807) is 0 Å². The van der Waals surface area contributed by atoms with Crippen LogP contribution in [0.1, 0.15) is 39.5 Å². The highest BCUT2D eigenvalue weighted by molar-refractivity contribution is 5.99. The maximum absolute atomic E-state index is 11.5. The average Bonchev–Trinajstić information content (AvgIpc) is 2.53. The van der Waals surface area contributed by atoms with E-state index in [-0.39, 0.29) is 0 Å². The van der Waals surface area contributed by atoms with E-state index in [0.717, 1.165) is 18.4 Å². The van der Waals surface area contributed by atoms with Gasteiger partial charge in [0.2, 0.25) is 0 Å². The van der Waals surface area contributed by atoms with Gasteiger partial charge in [-0.3, -0.25) is 4.79 Å². The number of Topliss-reactive ketones (excluding diaryl/α,β-unsaturated/α-hetero) is 1. The molecule has 0 amide bonds. The van der Waals surface area contributed by atoms with Gasteiger partial charge in [-0.1, -0.05) is 19.9 Å². The van der Waals surface area contributed by atoms with Gasteiger partial charge >= 0.3 is 0 Å². The summed E-state index contributed by atoms with van der Waals surface area (Å²) in [4.78, 5) is 11.5. The Morgan fingerprint density at radius 2 is 1.92 bits per heavy atom. The molecule has 0 spiro atoms. The topological polar surface area (TPSA) is 17.1 Å². The molecule has 0 aromatic rings. The molecule has 0 atom stereocenters. The summed E-state index contributed by atoms with van der Waals surface area (Å²) < 4.78 is 0. The Hall–Kier alpha value is -0.850. The van der Waals surface area contributed by atoms with Crippen LogP contribution in [-0.2, 0) is 4.79 Å². The zero-order valence-corrected chi connectivity index (χ0v) is 8.39. The Morgan fingerprint density at radius 3 is 2.62 bits per heavy atom. The van der Waals surface area contributed by atoms with Crippen molar-refractivity contribution in [1.82, 2.24) is 0 Å². The second-order valence-electron chi connectivity index (χ2n) is 4.25. The molecule has 0 radical (unpaired) electrons. The molecule has 2 aliphatic rings. The largest absolute Gasteiger partial charge is 0.294 e. The van der Waals surface area contributed by atoms with Gasteiger partial charge < -0.3 is 0 Å². The molecule has 70 valence electrons. The van der Waals surface area contributed by atoms with Crippen molar-refractivity contribution in [1.29, 1.82) is 0 Å². The van der Waals surface area contributed by atoms with Gasteiger partial charge in [0.1, 0.15) is 0 Å². The SMILES string of the molecule is CC(C)C1=CCC(=O)C2=C1CCC2. The van der Waals surface area contributed by atoms with E-state index in [2.05, 4.69) is 19.9 Å². The molecule has 0 saturated carbocycles. The molecule has 0 aromatic carbocycles. The maximum atomic E-state index is 11.5. The minimum absolute atomic E-state index is 0.372. The van der Waals surface area contributed by atoms with Gasteiger partial charge in [0, 0.05) is 6.42 Å². The molecule has 0 saturated heterocycles. The molecule has 1 heteroatoms. The molecule has 0 unspecified atom stereocenters. The first-order valence-electron chi connectivity index (χ1n) is 5.16. The van der Waals surface area contributed by atoms with Crippen molar-refractivity contribution >= 4 is 5.78 Å². The van der Waals surface area contributed by atoms with Crippen molar-refractivity contribution in [3.8, 4) is 0 Å². The van der Waals surface area contributed by atoms with Crippen molar-refractivity contribution in [2.45, 2.75) is 39.5 Å². The van der Waals surface area contributed by atoms with E-state index in [4.69, 9.17) is 0 Å². The number of carbonyl (C=O) groups is 1. The second kappa shape index (κ2) is 3.13. The first kappa shape index (κ1) is 8.74. The molecule has 13 heavy (non-hydrogen) atoms. The van der Waals surface area contributed by atoms with Crippen LogP contribution in [0.15, 0.2) is 22.8 Å². The second-order valence-corrected chi connectivity index (χ2v) is 4.25. The van der Waals surface area contributed by atoms with E-state index >= 15 is 0 Å². The summed E-state index contributed by atoms with van der Waals surface area (Å²) in [5.74, 6) is 0.952. The van der Waals surface area contributed by atoms with Crippen molar-refractivity contribution in [3.05, 3.63) is 22.8 Å². The lowest BCUT2D eigenvalue weighted by molar-refractivity contribution is -0.115. The Kier molecular flexibility index (Phi) is 2.10. The normalized spacial score (nSPS) is 22.4. The van der Waals surface area contributed by atoms with Gasteiger partial charge in [-0.2, -0.15) is 0 Å². The first-order valence-corrected chi connectivity index (χ1v) is 5.16. The fraction of sp³-hybridized carbons (Fsp3) is 0.583. The molecule has 0 aliphatic heterocycles. The highest BCUT2D eigenvalue weighted by atomic mass is 16.1. The van der Waals surface area contributed by atoms with E-state index in [1.807, 2.05) is 0 Å². The summed E-state index contributed by atoms with van der Waals surface area (Å²) in [5.41, 5.74) is 3.96. The van der Waals surface area contributed by atoms with Crippen LogP contribution in [0.5, 0.6) is 0 Å². The van der Waals surface area contributed by atoms with Gasteiger partial charge in [-0.25, -0.2) is 0 Å². The first-order chi connectivity index (χ1) is 6.20. The van der Waals surface area contributed by atoms with Crippen LogP contribution in [0.3, 0.4) is 0 Å². The quantitative estimate of drug-likeness (QED) is 0.600. The minimum atomic E-state index is 0.372. The van der Waals surface area contributed by atoms with Crippen LogP contribution in [0.4, 0.5) is 0 Å². The smallest absolute Gasteiger partial charge is 0.162 e. The van der Waals surface area contributed by atoms with E-state index in [0.29, 0.717) is 18.1 Å². The molecule has 0 aromatic heterocycles.